The number of nitrogens with one attached hydrogen (secondary N) is 1. The van der Waals surface area contributed by atoms with E-state index in [0.29, 0.717) is 0 Å². The summed E-state index contributed by atoms with van der Waals surface area (Å²) in [6.07, 6.45) is 6.84. The van der Waals surface area contributed by atoms with Crippen LogP contribution < -0.4 is 5.32 Å². The Labute approximate surface area is 124 Å². The number of nitrogens with zero attached hydrogens (tertiary/aromatic N) is 3. The maximum absolute atomic E-state index is 4.51. The van der Waals surface area contributed by atoms with Gasteiger partial charge in [-0.25, -0.2) is 4.98 Å². The van der Waals surface area contributed by atoms with Crippen molar-refractivity contribution in [1.29, 1.82) is 0 Å². The van der Waals surface area contributed by atoms with Crippen molar-refractivity contribution in [3.05, 3.63) is 60.3 Å². The molecule has 0 aliphatic carbocycles. The third kappa shape index (κ3) is 2.95. The maximum Gasteiger partial charge on any atom is 0.0947 e. The highest BCUT2D eigenvalue weighted by Gasteiger charge is 2.16. The van der Waals surface area contributed by atoms with E-state index in [1.807, 2.05) is 30.2 Å². The van der Waals surface area contributed by atoms with Crippen LogP contribution in [0, 0.1) is 0 Å². The van der Waals surface area contributed by atoms with Gasteiger partial charge >= 0.3 is 0 Å². The van der Waals surface area contributed by atoms with Crippen molar-refractivity contribution in [1.82, 2.24) is 19.9 Å². The van der Waals surface area contributed by atoms with Gasteiger partial charge in [-0.2, -0.15) is 0 Å². The zero-order valence-corrected chi connectivity index (χ0v) is 12.5. The van der Waals surface area contributed by atoms with E-state index >= 15 is 0 Å². The van der Waals surface area contributed by atoms with Crippen molar-refractivity contribution in [2.45, 2.75) is 19.4 Å². The largest absolute Gasteiger partial charge is 0.340 e. The molecule has 2 aromatic heterocycles. The molecule has 0 saturated heterocycles. The van der Waals surface area contributed by atoms with Gasteiger partial charge in [-0.15, -0.1) is 0 Å². The number of benzene rings is 1. The summed E-state index contributed by atoms with van der Waals surface area (Å²) in [6, 6.07) is 10.6. The second kappa shape index (κ2) is 6.06. The Morgan fingerprint density at radius 2 is 2.14 bits per heavy atom. The highest BCUT2D eigenvalue weighted by atomic mass is 15.0. The Hall–Kier alpha value is -2.20. The van der Waals surface area contributed by atoms with Gasteiger partial charge in [0.25, 0.3) is 0 Å². The van der Waals surface area contributed by atoms with E-state index in [2.05, 4.69) is 52.7 Å². The molecule has 0 bridgehead atoms. The van der Waals surface area contributed by atoms with Gasteiger partial charge < -0.3 is 9.88 Å². The molecule has 1 unspecified atom stereocenters. The molecule has 0 saturated carbocycles. The van der Waals surface area contributed by atoms with Gasteiger partial charge in [-0.3, -0.25) is 4.98 Å². The standard InChI is InChI=1S/C17H20N4/c1-3-8-19-17(16-11-21(2)12-20-16)14-7-6-13-5-4-9-18-15(13)10-14/h4-7,9-12,17,19H,3,8H2,1-2H3. The minimum Gasteiger partial charge on any atom is -0.340 e. The predicted molar refractivity (Wildman–Crippen MR) is 85.1 cm³/mol. The smallest absolute Gasteiger partial charge is 0.0947 e. The first kappa shape index (κ1) is 13.8. The fourth-order valence-corrected chi connectivity index (χ4v) is 2.53. The third-order valence-corrected chi connectivity index (χ3v) is 3.58. The summed E-state index contributed by atoms with van der Waals surface area (Å²) in [5, 5.41) is 4.74. The monoisotopic (exact) mass is 280 g/mol. The maximum atomic E-state index is 4.51. The Morgan fingerprint density at radius 3 is 2.90 bits per heavy atom. The third-order valence-electron chi connectivity index (χ3n) is 3.58. The van der Waals surface area contributed by atoms with Crippen LogP contribution in [-0.2, 0) is 7.05 Å². The zero-order chi connectivity index (χ0) is 14.7. The highest BCUT2D eigenvalue weighted by molar-refractivity contribution is 5.79. The van der Waals surface area contributed by atoms with E-state index in [0.717, 1.165) is 29.6 Å². The van der Waals surface area contributed by atoms with E-state index in [1.165, 1.54) is 5.56 Å². The van der Waals surface area contributed by atoms with Crippen molar-refractivity contribution < 1.29 is 0 Å². The van der Waals surface area contributed by atoms with Crippen molar-refractivity contribution in [2.75, 3.05) is 6.54 Å². The van der Waals surface area contributed by atoms with E-state index in [9.17, 15) is 0 Å². The quantitative estimate of drug-likeness (QED) is 0.781. The number of imidazole rings is 1. The molecule has 4 heteroatoms. The van der Waals surface area contributed by atoms with Gasteiger partial charge in [0.1, 0.15) is 0 Å². The first-order valence-corrected chi connectivity index (χ1v) is 7.34. The van der Waals surface area contributed by atoms with E-state index in [4.69, 9.17) is 0 Å². The summed E-state index contributed by atoms with van der Waals surface area (Å²) >= 11 is 0. The molecule has 1 aromatic carbocycles. The van der Waals surface area contributed by atoms with Gasteiger partial charge in [0.05, 0.1) is 23.6 Å². The molecule has 0 aliphatic rings. The van der Waals surface area contributed by atoms with Gasteiger partial charge in [0.15, 0.2) is 0 Å². The number of aromatic nitrogens is 3. The lowest BCUT2D eigenvalue weighted by Gasteiger charge is -2.17. The summed E-state index contributed by atoms with van der Waals surface area (Å²) in [5.41, 5.74) is 3.27. The SMILES string of the molecule is CCCNC(c1ccc2cccnc2c1)c1cn(C)cn1. The number of hydrogen-bond acceptors (Lipinski definition) is 3. The van der Waals surface area contributed by atoms with Crippen molar-refractivity contribution >= 4 is 10.9 Å². The molecule has 0 spiro atoms. The van der Waals surface area contributed by atoms with Gasteiger partial charge in [-0.05, 0) is 30.7 Å². The molecular weight excluding hydrogens is 260 g/mol. The minimum absolute atomic E-state index is 0.109. The average Bonchev–Trinajstić information content (AvgIpc) is 2.94. The van der Waals surface area contributed by atoms with Crippen molar-refractivity contribution in [3.63, 3.8) is 0 Å². The van der Waals surface area contributed by atoms with Crippen LogP contribution >= 0.6 is 0 Å². The lowest BCUT2D eigenvalue weighted by molar-refractivity contribution is 0.588. The first-order valence-electron chi connectivity index (χ1n) is 7.34. The van der Waals surface area contributed by atoms with Crippen LogP contribution in [0.2, 0.25) is 0 Å². The second-order valence-electron chi connectivity index (χ2n) is 5.31. The summed E-state index contributed by atoms with van der Waals surface area (Å²) in [4.78, 5) is 8.96. The molecule has 1 atom stereocenters. The van der Waals surface area contributed by atoms with Gasteiger partial charge in [-0.1, -0.05) is 25.1 Å². The number of pyridine rings is 1. The molecule has 21 heavy (non-hydrogen) atoms. The van der Waals surface area contributed by atoms with E-state index < -0.39 is 0 Å². The lowest BCUT2D eigenvalue weighted by Crippen LogP contribution is -2.23. The number of rotatable bonds is 5. The van der Waals surface area contributed by atoms with Gasteiger partial charge in [0.2, 0.25) is 0 Å². The molecule has 0 radical (unpaired) electrons. The molecule has 3 aromatic rings. The van der Waals surface area contributed by atoms with Crippen LogP contribution in [0.1, 0.15) is 30.6 Å². The zero-order valence-electron chi connectivity index (χ0n) is 12.5. The molecule has 3 rings (SSSR count). The van der Waals surface area contributed by atoms with Crippen LogP contribution in [0.5, 0.6) is 0 Å². The highest BCUT2D eigenvalue weighted by Crippen LogP contribution is 2.23. The Bertz CT molecular complexity index is 732. The number of fused-ring (bicyclic) bond motifs is 1. The van der Waals surface area contributed by atoms with Crippen molar-refractivity contribution in [3.8, 4) is 0 Å². The molecular formula is C17H20N4. The fraction of sp³-hybridized carbons (Fsp3) is 0.294. The topological polar surface area (TPSA) is 42.7 Å². The Balaban J connectivity index is 2.00. The normalized spacial score (nSPS) is 12.7. The second-order valence-corrected chi connectivity index (χ2v) is 5.31. The van der Waals surface area contributed by atoms with Crippen molar-refractivity contribution in [2.24, 2.45) is 7.05 Å². The summed E-state index contributed by atoms with van der Waals surface area (Å²) in [5.74, 6) is 0. The van der Waals surface area contributed by atoms with Gasteiger partial charge in [0, 0.05) is 24.8 Å². The summed E-state index contributed by atoms with van der Waals surface area (Å²) in [6.45, 7) is 3.13. The summed E-state index contributed by atoms with van der Waals surface area (Å²) < 4.78 is 1.98. The average molecular weight is 280 g/mol. The summed E-state index contributed by atoms with van der Waals surface area (Å²) in [7, 11) is 2.00. The van der Waals surface area contributed by atoms with Crippen LogP contribution in [0.3, 0.4) is 0 Å². The Morgan fingerprint density at radius 1 is 1.24 bits per heavy atom. The molecule has 1 N–H and O–H groups in total. The molecule has 0 aliphatic heterocycles. The van der Waals surface area contributed by atoms with Crippen LogP contribution in [0.4, 0.5) is 0 Å². The number of aryl methyl sites for hydroxylation is 1. The molecule has 4 nitrogen and oxygen atoms in total. The molecule has 2 heterocycles. The minimum atomic E-state index is 0.109. The Kier molecular flexibility index (Phi) is 3.97. The van der Waals surface area contributed by atoms with E-state index in [1.54, 1.807) is 0 Å². The molecule has 0 fully saturated rings. The lowest BCUT2D eigenvalue weighted by atomic mass is 10.0. The first-order chi connectivity index (χ1) is 10.3. The van der Waals surface area contributed by atoms with Crippen LogP contribution in [0.15, 0.2) is 49.1 Å². The number of hydrogen-bond donors (Lipinski definition) is 1. The molecule has 108 valence electrons. The molecule has 0 amide bonds. The predicted octanol–water partition coefficient (Wildman–Crippen LogP) is 3.06. The van der Waals surface area contributed by atoms with Crippen LogP contribution in [-0.4, -0.2) is 21.1 Å². The van der Waals surface area contributed by atoms with E-state index in [-0.39, 0.29) is 6.04 Å². The van der Waals surface area contributed by atoms with Crippen LogP contribution in [0.25, 0.3) is 10.9 Å². The fourth-order valence-electron chi connectivity index (χ4n) is 2.53.